The van der Waals surface area contributed by atoms with Gasteiger partial charge in [-0.05, 0) is 55.2 Å². The first-order valence-electron chi connectivity index (χ1n) is 12.2. The summed E-state index contributed by atoms with van der Waals surface area (Å²) in [7, 11) is -2.14. The molecule has 9 nitrogen and oxygen atoms in total. The van der Waals surface area contributed by atoms with Crippen molar-refractivity contribution in [3.8, 4) is 23.0 Å². The lowest BCUT2D eigenvalue weighted by atomic mass is 10.0. The number of rotatable bonds is 16. The summed E-state index contributed by atoms with van der Waals surface area (Å²) in [6.45, 7) is 6.70. The molecule has 0 atom stereocenters. The Morgan fingerprint density at radius 1 is 1.00 bits per heavy atom. The highest BCUT2D eigenvalue weighted by atomic mass is 32.2. The quantitative estimate of drug-likeness (QED) is 0.139. The highest BCUT2D eigenvalue weighted by molar-refractivity contribution is 7.86. The third-order valence-electron chi connectivity index (χ3n) is 5.26. The average molecular weight is 537 g/mol. The molecule has 0 saturated heterocycles. The van der Waals surface area contributed by atoms with Gasteiger partial charge in [0.2, 0.25) is 5.76 Å². The highest BCUT2D eigenvalue weighted by Crippen LogP contribution is 2.35. The van der Waals surface area contributed by atoms with Crippen LogP contribution in [-0.4, -0.2) is 52.7 Å². The first kappa shape index (κ1) is 29.8. The van der Waals surface area contributed by atoms with Crippen molar-refractivity contribution in [3.63, 3.8) is 0 Å². The third-order valence-corrected chi connectivity index (χ3v) is 5.74. The summed E-state index contributed by atoms with van der Waals surface area (Å²) >= 11 is 0. The Kier molecular flexibility index (Phi) is 11.6. The molecule has 0 aliphatic carbocycles. The Morgan fingerprint density at radius 3 is 2.30 bits per heavy atom. The molecule has 204 valence electrons. The van der Waals surface area contributed by atoms with Gasteiger partial charge in [-0.1, -0.05) is 32.4 Å². The van der Waals surface area contributed by atoms with Crippen LogP contribution in [0.4, 0.5) is 0 Å². The number of hydrogen-bond donors (Lipinski definition) is 1. The van der Waals surface area contributed by atoms with Gasteiger partial charge < -0.3 is 28.2 Å². The zero-order chi connectivity index (χ0) is 27.4. The molecule has 1 N–H and O–H groups in total. The standard InChI is InChI=1S/C27H36O9S/c1-6-9-15-34-24-17-19(18-25(27(28)29)33-8-3)10-12-23(24)35-16-14-20-11-13-22(36-37(5,30)31)21(7-2)26(20)32-4/h10-13,17-18H,6-9,14-16H2,1-5H3,(H,28,29)/b25-18-. The van der Waals surface area contributed by atoms with Crippen LogP contribution in [0.2, 0.25) is 0 Å². The maximum atomic E-state index is 11.6. The van der Waals surface area contributed by atoms with Crippen molar-refractivity contribution < 1.29 is 41.4 Å². The smallest absolute Gasteiger partial charge is 0.371 e. The van der Waals surface area contributed by atoms with Crippen molar-refractivity contribution >= 4 is 22.2 Å². The van der Waals surface area contributed by atoms with Gasteiger partial charge >= 0.3 is 16.1 Å². The molecule has 0 unspecified atom stereocenters. The SMILES string of the molecule is CCCCOc1cc(/C=C(\OCC)C(=O)O)ccc1OCCc1ccc(OS(C)(=O)=O)c(CC)c1OC. The average Bonchev–Trinajstić information content (AvgIpc) is 2.84. The Balaban J connectivity index is 2.26. The molecule has 2 aromatic rings. The van der Waals surface area contributed by atoms with E-state index in [4.69, 9.17) is 23.1 Å². The lowest BCUT2D eigenvalue weighted by molar-refractivity contribution is -0.136. The predicted octanol–water partition coefficient (Wildman–Crippen LogP) is 4.86. The van der Waals surface area contributed by atoms with Crippen LogP contribution in [0.3, 0.4) is 0 Å². The van der Waals surface area contributed by atoms with Crippen LogP contribution < -0.4 is 18.4 Å². The van der Waals surface area contributed by atoms with Crippen LogP contribution >= 0.6 is 0 Å². The number of carboxylic acids is 1. The second-order valence-electron chi connectivity index (χ2n) is 8.13. The second-order valence-corrected chi connectivity index (χ2v) is 9.70. The van der Waals surface area contributed by atoms with E-state index in [-0.39, 0.29) is 18.1 Å². The maximum absolute atomic E-state index is 11.6. The first-order chi connectivity index (χ1) is 17.6. The van der Waals surface area contributed by atoms with Gasteiger partial charge in [0.25, 0.3) is 0 Å². The zero-order valence-corrected chi connectivity index (χ0v) is 22.9. The first-order valence-corrected chi connectivity index (χ1v) is 14.0. The van der Waals surface area contributed by atoms with Crippen LogP contribution in [0.5, 0.6) is 23.0 Å². The number of aliphatic carboxylic acids is 1. The van der Waals surface area contributed by atoms with E-state index >= 15 is 0 Å². The van der Waals surface area contributed by atoms with E-state index in [0.29, 0.717) is 54.4 Å². The Hall–Kier alpha value is -3.40. The minimum Gasteiger partial charge on any atom is -0.496 e. The monoisotopic (exact) mass is 536 g/mol. The van der Waals surface area contributed by atoms with Crippen molar-refractivity contribution in [2.75, 3.05) is 33.2 Å². The van der Waals surface area contributed by atoms with Crippen molar-refractivity contribution in [2.24, 2.45) is 0 Å². The number of ether oxygens (including phenoxy) is 4. The van der Waals surface area contributed by atoms with E-state index in [1.807, 2.05) is 6.92 Å². The molecule has 0 saturated carbocycles. The Morgan fingerprint density at radius 2 is 1.70 bits per heavy atom. The number of methoxy groups -OCH3 is 1. The summed E-state index contributed by atoms with van der Waals surface area (Å²) in [5.41, 5.74) is 2.12. The number of carbonyl (C=O) groups is 1. The molecule has 0 amide bonds. The summed E-state index contributed by atoms with van der Waals surface area (Å²) in [4.78, 5) is 11.4. The van der Waals surface area contributed by atoms with Crippen LogP contribution in [0.15, 0.2) is 36.1 Å². The summed E-state index contributed by atoms with van der Waals surface area (Å²) in [5.74, 6) is 0.524. The summed E-state index contributed by atoms with van der Waals surface area (Å²) in [6.07, 6.45) is 5.27. The lowest BCUT2D eigenvalue weighted by Gasteiger charge is -2.17. The van der Waals surface area contributed by atoms with Crippen LogP contribution in [-0.2, 0) is 32.5 Å². The van der Waals surface area contributed by atoms with Gasteiger partial charge in [0, 0.05) is 12.0 Å². The largest absolute Gasteiger partial charge is 0.496 e. The fraction of sp³-hybridized carbons (Fsp3) is 0.444. The van der Waals surface area contributed by atoms with Gasteiger partial charge in [0.1, 0.15) is 11.5 Å². The van der Waals surface area contributed by atoms with Gasteiger partial charge in [-0.2, -0.15) is 8.42 Å². The van der Waals surface area contributed by atoms with E-state index < -0.39 is 16.1 Å². The van der Waals surface area contributed by atoms with Gasteiger partial charge in [-0.15, -0.1) is 0 Å². The highest BCUT2D eigenvalue weighted by Gasteiger charge is 2.18. The molecule has 0 fully saturated rings. The topological polar surface area (TPSA) is 118 Å². The van der Waals surface area contributed by atoms with Gasteiger partial charge in [0.15, 0.2) is 11.5 Å². The molecule has 0 spiro atoms. The number of unbranched alkanes of at least 4 members (excludes halogenated alkanes) is 1. The molecule has 0 aromatic heterocycles. The Bertz CT molecular complexity index is 1190. The minimum absolute atomic E-state index is 0.155. The van der Waals surface area contributed by atoms with E-state index in [2.05, 4.69) is 6.92 Å². The molecule has 2 aromatic carbocycles. The summed E-state index contributed by atoms with van der Waals surface area (Å²) in [5, 5.41) is 9.34. The molecule has 10 heteroatoms. The Labute approximate surface area is 219 Å². The molecule has 0 aliphatic rings. The van der Waals surface area contributed by atoms with Crippen LogP contribution in [0, 0.1) is 0 Å². The van der Waals surface area contributed by atoms with Crippen LogP contribution in [0.25, 0.3) is 6.08 Å². The van der Waals surface area contributed by atoms with Gasteiger partial charge in [-0.25, -0.2) is 4.79 Å². The second kappa shape index (κ2) is 14.4. The molecule has 0 heterocycles. The summed E-state index contributed by atoms with van der Waals surface area (Å²) < 4.78 is 51.1. The fourth-order valence-corrected chi connectivity index (χ4v) is 4.08. The lowest BCUT2D eigenvalue weighted by Crippen LogP contribution is -2.10. The maximum Gasteiger partial charge on any atom is 0.371 e. The molecule has 0 bridgehead atoms. The van der Waals surface area contributed by atoms with Crippen LogP contribution in [0.1, 0.15) is 50.3 Å². The van der Waals surface area contributed by atoms with E-state index in [1.165, 1.54) is 13.2 Å². The zero-order valence-electron chi connectivity index (χ0n) is 22.0. The third kappa shape index (κ3) is 9.20. The van der Waals surface area contributed by atoms with E-state index in [1.54, 1.807) is 37.3 Å². The van der Waals surface area contributed by atoms with E-state index in [9.17, 15) is 18.3 Å². The van der Waals surface area contributed by atoms with Crippen molar-refractivity contribution in [1.82, 2.24) is 0 Å². The number of benzene rings is 2. The molecule has 0 radical (unpaired) electrons. The fourth-order valence-electron chi connectivity index (χ4n) is 3.60. The molecule has 37 heavy (non-hydrogen) atoms. The predicted molar refractivity (Wildman–Crippen MR) is 141 cm³/mol. The molecular weight excluding hydrogens is 500 g/mol. The normalized spacial score (nSPS) is 11.6. The van der Waals surface area contributed by atoms with Gasteiger partial charge in [0.05, 0.1) is 33.2 Å². The molecule has 2 rings (SSSR count). The summed E-state index contributed by atoms with van der Waals surface area (Å²) in [6, 6.07) is 8.57. The number of carboxylic acid groups (broad SMARTS) is 1. The van der Waals surface area contributed by atoms with Crippen molar-refractivity contribution in [2.45, 2.75) is 46.5 Å². The van der Waals surface area contributed by atoms with Crippen molar-refractivity contribution in [1.29, 1.82) is 0 Å². The number of hydrogen-bond acceptors (Lipinski definition) is 8. The van der Waals surface area contributed by atoms with E-state index in [0.717, 1.165) is 24.7 Å². The van der Waals surface area contributed by atoms with Gasteiger partial charge in [-0.3, -0.25) is 0 Å². The van der Waals surface area contributed by atoms with Crippen molar-refractivity contribution in [3.05, 3.63) is 52.8 Å². The molecule has 0 aliphatic heterocycles. The molecular formula is C27H36O9S. The minimum atomic E-state index is -3.67.